The minimum Gasteiger partial charge on any atom is -0.377 e. The van der Waals surface area contributed by atoms with Crippen LogP contribution in [-0.2, 0) is 17.9 Å². The Morgan fingerprint density at radius 2 is 2.17 bits per heavy atom. The Balaban J connectivity index is 1.79. The zero-order valence-corrected chi connectivity index (χ0v) is 12.0. The average molecular weight is 265 g/mol. The molecular weight excluding hydrogens is 242 g/mol. The molecule has 1 N–H and O–H groups in total. The molecule has 0 aromatic heterocycles. The maximum absolute atomic E-state index is 5.51. The number of rotatable bonds is 7. The molecule has 0 spiro atoms. The predicted molar refractivity (Wildman–Crippen MR) is 78.9 cm³/mol. The molecule has 0 saturated carbocycles. The van der Waals surface area contributed by atoms with Gasteiger partial charge in [0.25, 0.3) is 0 Å². The average Bonchev–Trinajstić information content (AvgIpc) is 2.91. The molecule has 1 atom stereocenters. The van der Waals surface area contributed by atoms with Gasteiger partial charge < -0.3 is 10.1 Å². The summed E-state index contributed by atoms with van der Waals surface area (Å²) in [6.45, 7) is 5.66. The van der Waals surface area contributed by atoms with Crippen LogP contribution in [0.15, 0.2) is 24.3 Å². The number of thioether (sulfide) groups is 1. The second kappa shape index (κ2) is 7.82. The van der Waals surface area contributed by atoms with Crippen LogP contribution in [-0.4, -0.2) is 24.7 Å². The van der Waals surface area contributed by atoms with Gasteiger partial charge >= 0.3 is 0 Å². The molecule has 0 amide bonds. The van der Waals surface area contributed by atoms with E-state index in [1.54, 1.807) is 0 Å². The molecule has 1 aromatic rings. The van der Waals surface area contributed by atoms with E-state index < -0.39 is 0 Å². The van der Waals surface area contributed by atoms with Gasteiger partial charge in [-0.2, -0.15) is 11.8 Å². The summed E-state index contributed by atoms with van der Waals surface area (Å²) in [5.74, 6) is 3.54. The highest BCUT2D eigenvalue weighted by atomic mass is 32.2. The lowest BCUT2D eigenvalue weighted by Gasteiger charge is -2.13. The third-order valence-electron chi connectivity index (χ3n) is 3.35. The summed E-state index contributed by atoms with van der Waals surface area (Å²) in [7, 11) is 0. The van der Waals surface area contributed by atoms with Gasteiger partial charge in [-0.15, -0.1) is 0 Å². The van der Waals surface area contributed by atoms with Crippen molar-refractivity contribution in [2.45, 2.75) is 26.5 Å². The highest BCUT2D eigenvalue weighted by molar-refractivity contribution is 7.99. The van der Waals surface area contributed by atoms with Crippen LogP contribution in [0.1, 0.15) is 24.5 Å². The van der Waals surface area contributed by atoms with Gasteiger partial charge in [0.2, 0.25) is 0 Å². The zero-order chi connectivity index (χ0) is 12.6. The van der Waals surface area contributed by atoms with Gasteiger partial charge in [0.15, 0.2) is 0 Å². The zero-order valence-electron chi connectivity index (χ0n) is 11.2. The van der Waals surface area contributed by atoms with Crippen LogP contribution >= 0.6 is 11.8 Å². The molecule has 0 bridgehead atoms. The molecule has 0 aliphatic carbocycles. The molecule has 2 rings (SSSR count). The topological polar surface area (TPSA) is 21.3 Å². The van der Waals surface area contributed by atoms with E-state index in [-0.39, 0.29) is 0 Å². The fourth-order valence-electron chi connectivity index (χ4n) is 2.24. The van der Waals surface area contributed by atoms with E-state index in [1.165, 1.54) is 29.1 Å². The normalized spacial score (nSPS) is 19.3. The van der Waals surface area contributed by atoms with Crippen LogP contribution in [0.5, 0.6) is 0 Å². The van der Waals surface area contributed by atoms with Crippen molar-refractivity contribution in [3.8, 4) is 0 Å². The highest BCUT2D eigenvalue weighted by Gasteiger charge is 2.14. The van der Waals surface area contributed by atoms with E-state index in [2.05, 4.69) is 41.3 Å². The monoisotopic (exact) mass is 265 g/mol. The van der Waals surface area contributed by atoms with Crippen molar-refractivity contribution in [1.29, 1.82) is 0 Å². The van der Waals surface area contributed by atoms with E-state index in [0.29, 0.717) is 0 Å². The lowest BCUT2D eigenvalue weighted by Crippen LogP contribution is -2.22. The van der Waals surface area contributed by atoms with Gasteiger partial charge in [-0.05, 0) is 48.4 Å². The third-order valence-corrected chi connectivity index (χ3v) is 4.58. The second-order valence-electron chi connectivity index (χ2n) is 4.77. The van der Waals surface area contributed by atoms with Gasteiger partial charge in [0, 0.05) is 13.2 Å². The van der Waals surface area contributed by atoms with Crippen LogP contribution in [0.25, 0.3) is 0 Å². The Morgan fingerprint density at radius 3 is 2.89 bits per heavy atom. The van der Waals surface area contributed by atoms with Crippen molar-refractivity contribution >= 4 is 11.8 Å². The van der Waals surface area contributed by atoms with Gasteiger partial charge in [0.05, 0.1) is 6.61 Å². The lowest BCUT2D eigenvalue weighted by atomic mass is 10.1. The fourth-order valence-corrected chi connectivity index (χ4v) is 3.52. The molecule has 3 heteroatoms. The highest BCUT2D eigenvalue weighted by Crippen LogP contribution is 2.22. The van der Waals surface area contributed by atoms with Crippen molar-refractivity contribution in [3.63, 3.8) is 0 Å². The number of benzene rings is 1. The van der Waals surface area contributed by atoms with E-state index in [4.69, 9.17) is 4.74 Å². The summed E-state index contributed by atoms with van der Waals surface area (Å²) in [5, 5.41) is 3.59. The van der Waals surface area contributed by atoms with Crippen LogP contribution < -0.4 is 5.32 Å². The molecule has 18 heavy (non-hydrogen) atoms. The SMILES string of the molecule is CCOCc1ccccc1CNCC1CCSC1. The van der Waals surface area contributed by atoms with Gasteiger partial charge in [-0.3, -0.25) is 0 Å². The molecule has 1 unspecified atom stereocenters. The fraction of sp³-hybridized carbons (Fsp3) is 0.600. The molecule has 1 fully saturated rings. The van der Waals surface area contributed by atoms with Crippen LogP contribution in [0, 0.1) is 5.92 Å². The van der Waals surface area contributed by atoms with Crippen molar-refractivity contribution < 1.29 is 4.74 Å². The van der Waals surface area contributed by atoms with Crippen LogP contribution in [0.4, 0.5) is 0 Å². The number of ether oxygens (including phenoxy) is 1. The summed E-state index contributed by atoms with van der Waals surface area (Å²) in [6.07, 6.45) is 1.37. The quantitative estimate of drug-likeness (QED) is 0.818. The van der Waals surface area contributed by atoms with Crippen molar-refractivity contribution in [2.24, 2.45) is 5.92 Å². The molecule has 1 aliphatic heterocycles. The first kappa shape index (κ1) is 13.9. The summed E-state index contributed by atoms with van der Waals surface area (Å²) < 4.78 is 5.51. The van der Waals surface area contributed by atoms with Crippen molar-refractivity contribution in [2.75, 3.05) is 24.7 Å². The predicted octanol–water partition coefficient (Wildman–Crippen LogP) is 3.07. The lowest BCUT2D eigenvalue weighted by molar-refractivity contribution is 0.133. The van der Waals surface area contributed by atoms with E-state index in [9.17, 15) is 0 Å². The Kier molecular flexibility index (Phi) is 6.05. The van der Waals surface area contributed by atoms with E-state index in [0.717, 1.165) is 32.2 Å². The number of nitrogens with one attached hydrogen (secondary N) is 1. The molecule has 1 heterocycles. The summed E-state index contributed by atoms with van der Waals surface area (Å²) in [4.78, 5) is 0. The second-order valence-corrected chi connectivity index (χ2v) is 5.92. The molecule has 1 aromatic carbocycles. The van der Waals surface area contributed by atoms with Gasteiger partial charge in [-0.1, -0.05) is 24.3 Å². The first-order valence-corrected chi connectivity index (χ1v) is 7.98. The van der Waals surface area contributed by atoms with Crippen molar-refractivity contribution in [1.82, 2.24) is 5.32 Å². The first-order chi connectivity index (χ1) is 8.90. The molecule has 1 aliphatic rings. The molecular formula is C15H23NOS. The molecule has 2 nitrogen and oxygen atoms in total. The smallest absolute Gasteiger partial charge is 0.0719 e. The van der Waals surface area contributed by atoms with Gasteiger partial charge in [-0.25, -0.2) is 0 Å². The number of hydrogen-bond acceptors (Lipinski definition) is 3. The largest absolute Gasteiger partial charge is 0.377 e. The Morgan fingerprint density at radius 1 is 1.33 bits per heavy atom. The van der Waals surface area contributed by atoms with Crippen molar-refractivity contribution in [3.05, 3.63) is 35.4 Å². The van der Waals surface area contributed by atoms with E-state index in [1.807, 2.05) is 6.92 Å². The minimum atomic E-state index is 0.730. The third kappa shape index (κ3) is 4.30. The summed E-state index contributed by atoms with van der Waals surface area (Å²) >= 11 is 2.08. The minimum absolute atomic E-state index is 0.730. The summed E-state index contributed by atoms with van der Waals surface area (Å²) in [5.41, 5.74) is 2.68. The van der Waals surface area contributed by atoms with Gasteiger partial charge in [0.1, 0.15) is 0 Å². The number of hydrogen-bond donors (Lipinski definition) is 1. The standard InChI is InChI=1S/C15H23NOS/c1-2-17-11-15-6-4-3-5-14(15)10-16-9-13-7-8-18-12-13/h3-6,13,16H,2,7-12H2,1H3. The Labute approximate surface area is 114 Å². The first-order valence-electron chi connectivity index (χ1n) is 6.83. The molecule has 100 valence electrons. The maximum atomic E-state index is 5.51. The molecule has 0 radical (unpaired) electrons. The summed E-state index contributed by atoms with van der Waals surface area (Å²) in [6, 6.07) is 8.56. The van der Waals surface area contributed by atoms with E-state index >= 15 is 0 Å². The molecule has 1 saturated heterocycles. The Bertz CT molecular complexity index is 350. The Hall–Kier alpha value is -0.510. The maximum Gasteiger partial charge on any atom is 0.0719 e. The van der Waals surface area contributed by atoms with Crippen LogP contribution in [0.3, 0.4) is 0 Å². The van der Waals surface area contributed by atoms with Crippen LogP contribution in [0.2, 0.25) is 0 Å².